The van der Waals surface area contributed by atoms with Crippen LogP contribution in [0.3, 0.4) is 0 Å². The van der Waals surface area contributed by atoms with Crippen LogP contribution in [0.1, 0.15) is 5.69 Å². The maximum atomic E-state index is 12.7. The van der Waals surface area contributed by atoms with Crippen LogP contribution in [0.2, 0.25) is 5.02 Å². The number of hydrogen-bond donors (Lipinski definition) is 0. The third-order valence-electron chi connectivity index (χ3n) is 3.76. The van der Waals surface area contributed by atoms with Crippen molar-refractivity contribution in [2.24, 2.45) is 0 Å². The first-order chi connectivity index (χ1) is 11.6. The Morgan fingerprint density at radius 2 is 1.71 bits per heavy atom. The fourth-order valence-corrected chi connectivity index (χ4v) is 2.77. The van der Waals surface area contributed by atoms with Crippen molar-refractivity contribution in [3.05, 3.63) is 75.8 Å². The van der Waals surface area contributed by atoms with E-state index in [1.807, 2.05) is 37.3 Å². The Kier molecular flexibility index (Phi) is 3.39. The van der Waals surface area contributed by atoms with Gasteiger partial charge in [-0.3, -0.25) is 0 Å². The van der Waals surface area contributed by atoms with E-state index in [4.69, 9.17) is 11.6 Å². The molecule has 4 aromatic rings. The molecule has 4 rings (SSSR count). The van der Waals surface area contributed by atoms with Gasteiger partial charge in [-0.05, 0) is 36.8 Å². The molecule has 6 nitrogen and oxygen atoms in total. The molecule has 0 aliphatic rings. The molecule has 2 aromatic heterocycles. The lowest BCUT2D eigenvalue weighted by atomic mass is 10.1. The molecule has 0 spiro atoms. The maximum absolute atomic E-state index is 12.7. The molecule has 2 aromatic carbocycles. The van der Waals surface area contributed by atoms with Crippen LogP contribution in [0.5, 0.6) is 0 Å². The summed E-state index contributed by atoms with van der Waals surface area (Å²) < 4.78 is 2.48. The molecule has 0 bridgehead atoms. The molecular formula is C17H12ClN5O. The second-order valence-corrected chi connectivity index (χ2v) is 5.76. The van der Waals surface area contributed by atoms with Gasteiger partial charge >= 0.3 is 5.69 Å². The highest BCUT2D eigenvalue weighted by atomic mass is 35.5. The molecule has 2 heterocycles. The van der Waals surface area contributed by atoms with Crippen LogP contribution in [-0.2, 0) is 0 Å². The number of aromatic nitrogens is 5. The summed E-state index contributed by atoms with van der Waals surface area (Å²) >= 11 is 5.88. The van der Waals surface area contributed by atoms with Crippen molar-refractivity contribution >= 4 is 17.2 Å². The molecule has 0 saturated heterocycles. The highest BCUT2D eigenvalue weighted by molar-refractivity contribution is 6.30. The number of benzene rings is 2. The Hall–Kier alpha value is -2.99. The lowest BCUT2D eigenvalue weighted by Crippen LogP contribution is -2.29. The second kappa shape index (κ2) is 5.58. The van der Waals surface area contributed by atoms with Crippen LogP contribution in [0, 0.1) is 6.92 Å². The van der Waals surface area contributed by atoms with Gasteiger partial charge in [-0.2, -0.15) is 14.3 Å². The quantitative estimate of drug-likeness (QED) is 0.564. The molecule has 0 amide bonds. The number of rotatable bonds is 2. The largest absolute Gasteiger partial charge is 0.373 e. The zero-order chi connectivity index (χ0) is 16.7. The summed E-state index contributed by atoms with van der Waals surface area (Å²) in [5.41, 5.74) is 3.11. The van der Waals surface area contributed by atoms with E-state index in [0.29, 0.717) is 16.4 Å². The van der Waals surface area contributed by atoms with Crippen LogP contribution < -0.4 is 5.69 Å². The predicted molar refractivity (Wildman–Crippen MR) is 91.6 cm³/mol. The van der Waals surface area contributed by atoms with E-state index in [0.717, 1.165) is 16.8 Å². The van der Waals surface area contributed by atoms with E-state index < -0.39 is 0 Å². The molecule has 0 unspecified atom stereocenters. The zero-order valence-corrected chi connectivity index (χ0v) is 13.5. The van der Waals surface area contributed by atoms with Gasteiger partial charge in [0, 0.05) is 5.02 Å². The number of nitrogens with zero attached hydrogens (tertiary/aromatic N) is 5. The Morgan fingerprint density at radius 3 is 2.42 bits per heavy atom. The average Bonchev–Trinajstić information content (AvgIpc) is 2.94. The summed E-state index contributed by atoms with van der Waals surface area (Å²) in [5, 5.41) is 13.2. The fraction of sp³-hybridized carbons (Fsp3) is 0.0588. The summed E-state index contributed by atoms with van der Waals surface area (Å²) in [6.07, 6.45) is 0. The Bertz CT molecular complexity index is 1080. The molecule has 118 valence electrons. The molecule has 0 fully saturated rings. The SMILES string of the molecule is Cc1nn2c(=O)n(-c3ccc(Cl)cc3)nnc2c1-c1ccccc1. The van der Waals surface area contributed by atoms with Crippen molar-refractivity contribution in [3.63, 3.8) is 0 Å². The van der Waals surface area contributed by atoms with Crippen molar-refractivity contribution in [1.82, 2.24) is 24.6 Å². The monoisotopic (exact) mass is 337 g/mol. The fourth-order valence-electron chi connectivity index (χ4n) is 2.64. The molecule has 0 aliphatic carbocycles. The Labute approximate surface area is 141 Å². The van der Waals surface area contributed by atoms with Gasteiger partial charge < -0.3 is 0 Å². The standard InChI is InChI=1S/C17H12ClN5O/c1-11-15(12-5-3-2-4-6-12)16-19-21-22(17(24)23(16)20-11)14-9-7-13(18)8-10-14/h2-10H,1H3. The molecule has 0 aliphatic heterocycles. The third-order valence-corrected chi connectivity index (χ3v) is 4.01. The Morgan fingerprint density at radius 1 is 1.00 bits per heavy atom. The van der Waals surface area contributed by atoms with Crippen molar-refractivity contribution in [2.45, 2.75) is 6.92 Å². The molecule has 0 N–H and O–H groups in total. The van der Waals surface area contributed by atoms with E-state index in [1.165, 1.54) is 9.20 Å². The summed E-state index contributed by atoms with van der Waals surface area (Å²) in [5.74, 6) is 0. The first-order valence-electron chi connectivity index (χ1n) is 7.32. The van der Waals surface area contributed by atoms with Crippen molar-refractivity contribution in [2.75, 3.05) is 0 Å². The van der Waals surface area contributed by atoms with Crippen LogP contribution in [0.15, 0.2) is 59.4 Å². The minimum absolute atomic E-state index is 0.382. The first kappa shape index (κ1) is 14.6. The van der Waals surface area contributed by atoms with Gasteiger partial charge in [-0.15, -0.1) is 5.10 Å². The number of halogens is 1. The smallest absolute Gasteiger partial charge is 0.243 e. The highest BCUT2D eigenvalue weighted by Gasteiger charge is 2.17. The van der Waals surface area contributed by atoms with E-state index in [-0.39, 0.29) is 5.69 Å². The minimum Gasteiger partial charge on any atom is -0.243 e. The van der Waals surface area contributed by atoms with Crippen LogP contribution in [0.25, 0.3) is 22.5 Å². The van der Waals surface area contributed by atoms with Gasteiger partial charge in [-0.25, -0.2) is 4.79 Å². The van der Waals surface area contributed by atoms with Gasteiger partial charge in [0.15, 0.2) is 5.65 Å². The number of aryl methyl sites for hydroxylation is 1. The van der Waals surface area contributed by atoms with Crippen LogP contribution in [-0.4, -0.2) is 24.6 Å². The van der Waals surface area contributed by atoms with Crippen molar-refractivity contribution < 1.29 is 0 Å². The maximum Gasteiger partial charge on any atom is 0.373 e. The van der Waals surface area contributed by atoms with Gasteiger partial charge in [0.1, 0.15) is 0 Å². The summed E-state index contributed by atoms with van der Waals surface area (Å²) in [6, 6.07) is 16.5. The normalized spacial score (nSPS) is 11.1. The lowest BCUT2D eigenvalue weighted by Gasteiger charge is -2.04. The van der Waals surface area contributed by atoms with E-state index >= 15 is 0 Å². The Balaban J connectivity index is 1.96. The topological polar surface area (TPSA) is 65.1 Å². The van der Waals surface area contributed by atoms with Crippen LogP contribution >= 0.6 is 11.6 Å². The van der Waals surface area contributed by atoms with Gasteiger partial charge in [0.25, 0.3) is 0 Å². The molecule has 24 heavy (non-hydrogen) atoms. The predicted octanol–water partition coefficient (Wildman–Crippen LogP) is 2.90. The highest BCUT2D eigenvalue weighted by Crippen LogP contribution is 2.25. The van der Waals surface area contributed by atoms with E-state index in [2.05, 4.69) is 15.4 Å². The number of hydrogen-bond acceptors (Lipinski definition) is 4. The molecule has 0 atom stereocenters. The van der Waals surface area contributed by atoms with Crippen molar-refractivity contribution in [1.29, 1.82) is 0 Å². The molecule has 7 heteroatoms. The van der Waals surface area contributed by atoms with Crippen molar-refractivity contribution in [3.8, 4) is 16.8 Å². The third kappa shape index (κ3) is 2.28. The van der Waals surface area contributed by atoms with Gasteiger partial charge in [0.05, 0.1) is 16.9 Å². The van der Waals surface area contributed by atoms with E-state index in [1.54, 1.807) is 24.3 Å². The molecule has 0 radical (unpaired) electrons. The average molecular weight is 338 g/mol. The summed E-state index contributed by atoms with van der Waals surface area (Å²) in [4.78, 5) is 12.7. The number of fused-ring (bicyclic) bond motifs is 1. The zero-order valence-electron chi connectivity index (χ0n) is 12.7. The molecular weight excluding hydrogens is 326 g/mol. The first-order valence-corrected chi connectivity index (χ1v) is 7.69. The lowest BCUT2D eigenvalue weighted by molar-refractivity contribution is 0.648. The second-order valence-electron chi connectivity index (χ2n) is 5.32. The van der Waals surface area contributed by atoms with Gasteiger partial charge in [-0.1, -0.05) is 47.1 Å². The van der Waals surface area contributed by atoms with Crippen LogP contribution in [0.4, 0.5) is 0 Å². The minimum atomic E-state index is -0.382. The molecule has 0 saturated carbocycles. The summed E-state index contributed by atoms with van der Waals surface area (Å²) in [6.45, 7) is 1.85. The van der Waals surface area contributed by atoms with Gasteiger partial charge in [0.2, 0.25) is 0 Å². The summed E-state index contributed by atoms with van der Waals surface area (Å²) in [7, 11) is 0. The van der Waals surface area contributed by atoms with E-state index in [9.17, 15) is 4.79 Å².